The number of ether oxygens (including phenoxy) is 6. The summed E-state index contributed by atoms with van der Waals surface area (Å²) in [6.07, 6.45) is 5.27. The van der Waals surface area contributed by atoms with E-state index in [0.29, 0.717) is 25.7 Å². The van der Waals surface area contributed by atoms with Crippen molar-refractivity contribution in [3.63, 3.8) is 0 Å². The fraction of sp³-hybridized carbons (Fsp3) is 0.945. The topological polar surface area (TPSA) is 468 Å². The summed E-state index contributed by atoms with van der Waals surface area (Å²) in [5.74, 6) is -4.27. The maximum absolute atomic E-state index is 14.4. The molecule has 1 unspecified atom stereocenters. The van der Waals surface area contributed by atoms with Gasteiger partial charge < -0.3 is 114 Å². The third-order valence-electron chi connectivity index (χ3n) is 19.6. The highest BCUT2D eigenvalue weighted by atomic mass is 31.2. The molecule has 3 heterocycles. The molecule has 0 aliphatic carbocycles. The molecule has 3 rings (SSSR count). The van der Waals surface area contributed by atoms with Crippen molar-refractivity contribution in [2.45, 2.75) is 420 Å². The fourth-order valence-corrected chi connectivity index (χ4v) is 15.0. The van der Waals surface area contributed by atoms with Gasteiger partial charge in [-0.05, 0) is 25.7 Å². The predicted octanol–water partition coefficient (Wildman–Crippen LogP) is 6.69. The lowest BCUT2D eigenvalue weighted by Gasteiger charge is -2.48. The number of amides is 2. The zero-order valence-electron chi connectivity index (χ0n) is 63.2. The molecule has 19 atom stereocenters. The van der Waals surface area contributed by atoms with Gasteiger partial charge in [-0.25, -0.2) is 0 Å². The summed E-state index contributed by atoms with van der Waals surface area (Å²) >= 11 is 0. The monoisotopic (exact) mass is 1530 g/mol. The maximum Gasteiger partial charge on any atom is 0.308 e. The molecule has 612 valence electrons. The van der Waals surface area contributed by atoms with Gasteiger partial charge in [0.2, 0.25) is 11.8 Å². The van der Waals surface area contributed by atoms with Crippen molar-refractivity contribution < 1.29 is 132 Å². The molecule has 29 nitrogen and oxygen atoms in total. The van der Waals surface area contributed by atoms with Crippen LogP contribution in [0.25, 0.3) is 0 Å². The van der Waals surface area contributed by atoms with Crippen molar-refractivity contribution in [1.29, 1.82) is 0 Å². The zero-order valence-corrected chi connectivity index (χ0v) is 64.9. The average Bonchev–Trinajstić information content (AvgIpc) is 0.779. The van der Waals surface area contributed by atoms with E-state index in [9.17, 15) is 83.8 Å². The first-order valence-corrected chi connectivity index (χ1v) is 42.8. The van der Waals surface area contributed by atoms with Crippen LogP contribution in [0.2, 0.25) is 0 Å². The molecule has 3 aliphatic rings. The second kappa shape index (κ2) is 55.9. The second-order valence-corrected chi connectivity index (χ2v) is 31.6. The second-order valence-electron chi connectivity index (χ2n) is 29.2. The molecule has 3 saturated heterocycles. The molecule has 0 spiro atoms. The molecule has 0 aromatic rings. The highest BCUT2D eigenvalue weighted by molar-refractivity contribution is 7.45. The summed E-state index contributed by atoms with van der Waals surface area (Å²) in [5, 5.41) is 94.4. The summed E-state index contributed by atoms with van der Waals surface area (Å²) < 4.78 is 77.6. The molecule has 3 aliphatic heterocycles. The SMILES string of the molecule is CCCCCCCCCCC[C@@H](O)CC(=O)N[C@H]1[C@H](OC[C@H]2O[C@H](OP(=O)([O-])[O-])[C@H](NC(=O)C[C@H](O)CCCCCCCCCCC)[C@@H](OC(=O)C[C@H](O)CCCCCCCCCCC)[C@@H]2O)O[C@H](CO)[C@@H](OP(=O)([O-])O[C@H]2OC[C@H]([NH3+])[C@H](O)[C@H]2O)[C@@H]1OC(=O)C[C@H](O)CCCCCCCCCCC. The van der Waals surface area contributed by atoms with Crippen molar-refractivity contribution >= 4 is 39.4 Å². The Hall–Kier alpha value is -2.42. The molecular formula is C73H137N3O26P2-2. The van der Waals surface area contributed by atoms with E-state index in [1.54, 1.807) is 0 Å². The van der Waals surface area contributed by atoms with Crippen molar-refractivity contribution in [3.8, 4) is 0 Å². The predicted molar refractivity (Wildman–Crippen MR) is 381 cm³/mol. The minimum Gasteiger partial charge on any atom is -0.790 e. The van der Waals surface area contributed by atoms with Crippen molar-refractivity contribution in [2.75, 3.05) is 19.8 Å². The summed E-state index contributed by atoms with van der Waals surface area (Å²) in [5.41, 5.74) is 3.66. The lowest BCUT2D eigenvalue weighted by atomic mass is 9.95. The minimum atomic E-state index is -6.17. The van der Waals surface area contributed by atoms with E-state index in [2.05, 4.69) is 44.1 Å². The molecule has 0 saturated carbocycles. The Kier molecular flexibility index (Phi) is 51.5. The molecule has 104 heavy (non-hydrogen) atoms. The average molecular weight is 1530 g/mol. The minimum absolute atomic E-state index is 0.138. The van der Waals surface area contributed by atoms with E-state index in [1.807, 2.05) is 0 Å². The Morgan fingerprint density at radius 1 is 0.442 bits per heavy atom. The molecule has 3 fully saturated rings. The molecular weight excluding hydrogens is 1400 g/mol. The number of hydrogen-bond donors (Lipinski definition) is 11. The van der Waals surface area contributed by atoms with Crippen molar-refractivity contribution in [3.05, 3.63) is 0 Å². The van der Waals surface area contributed by atoms with Crippen molar-refractivity contribution in [2.24, 2.45) is 0 Å². The number of rotatable bonds is 62. The summed E-state index contributed by atoms with van der Waals surface area (Å²) in [7, 11) is -12.1. The van der Waals surface area contributed by atoms with E-state index in [0.717, 1.165) is 199 Å². The van der Waals surface area contributed by atoms with Crippen LogP contribution in [0.15, 0.2) is 0 Å². The van der Waals surface area contributed by atoms with E-state index in [1.165, 1.54) is 6.42 Å². The van der Waals surface area contributed by atoms with Crippen LogP contribution in [0.4, 0.5) is 0 Å². The first kappa shape index (κ1) is 95.8. The molecule has 0 aromatic carbocycles. The molecule has 0 bridgehead atoms. The van der Waals surface area contributed by atoms with Gasteiger partial charge in [-0.2, -0.15) is 0 Å². The van der Waals surface area contributed by atoms with Crippen LogP contribution < -0.4 is 31.0 Å². The number of quaternary nitrogens is 1. The van der Waals surface area contributed by atoms with Crippen LogP contribution >= 0.6 is 15.6 Å². The number of phosphoric acid groups is 2. The van der Waals surface area contributed by atoms with Gasteiger partial charge in [0.25, 0.3) is 7.82 Å². The number of carbonyl (C=O) groups is 4. The zero-order chi connectivity index (χ0) is 76.7. The highest BCUT2D eigenvalue weighted by Crippen LogP contribution is 2.46. The summed E-state index contributed by atoms with van der Waals surface area (Å²) in [6.45, 7) is 5.91. The third-order valence-corrected chi connectivity index (χ3v) is 21.1. The molecule has 31 heteroatoms. The van der Waals surface area contributed by atoms with Gasteiger partial charge in [0.05, 0.1) is 71.1 Å². The Morgan fingerprint density at radius 2 is 0.788 bits per heavy atom. The van der Waals surface area contributed by atoms with Gasteiger partial charge in [0.1, 0.15) is 61.4 Å². The van der Waals surface area contributed by atoms with Gasteiger partial charge in [-0.3, -0.25) is 28.3 Å². The number of phosphoric ester groups is 2. The number of carbonyl (C=O) groups excluding carboxylic acids is 4. The van der Waals surface area contributed by atoms with Crippen LogP contribution in [0.1, 0.15) is 310 Å². The quantitative estimate of drug-likeness (QED) is 0.0171. The fourth-order valence-electron chi connectivity index (χ4n) is 13.5. The Balaban J connectivity index is 2.08. The van der Waals surface area contributed by atoms with Crippen molar-refractivity contribution in [1.82, 2.24) is 10.6 Å². The first-order chi connectivity index (χ1) is 49.8. The normalized spacial score (nSPS) is 26.3. The Labute approximate surface area is 619 Å². The third kappa shape index (κ3) is 41.6. The smallest absolute Gasteiger partial charge is 0.308 e. The van der Waals surface area contributed by atoms with Gasteiger partial charge in [0.15, 0.2) is 31.1 Å². The van der Waals surface area contributed by atoms with Crippen LogP contribution in [0.3, 0.4) is 0 Å². The van der Waals surface area contributed by atoms with Crippen LogP contribution in [0.5, 0.6) is 0 Å². The summed E-state index contributed by atoms with van der Waals surface area (Å²) in [6, 6.07) is -4.92. The number of nitrogens with one attached hydrogen (secondary N) is 2. The van der Waals surface area contributed by atoms with Gasteiger partial charge in [-0.1, -0.05) is 259 Å². The van der Waals surface area contributed by atoms with Crippen LogP contribution in [-0.2, 0) is 70.3 Å². The van der Waals surface area contributed by atoms with Gasteiger partial charge in [-0.15, -0.1) is 0 Å². The maximum atomic E-state index is 14.4. The van der Waals surface area contributed by atoms with Gasteiger partial charge in [0, 0.05) is 0 Å². The first-order valence-electron chi connectivity index (χ1n) is 39.9. The number of esters is 2. The number of aliphatic hydroxyl groups excluding tert-OH is 8. The number of aliphatic hydroxyl groups is 8. The highest BCUT2D eigenvalue weighted by Gasteiger charge is 2.54. The van der Waals surface area contributed by atoms with E-state index in [4.69, 9.17) is 42.0 Å². The standard InChI is InChI=1S/C73H139N3O26P2/c1-5-9-13-17-21-25-29-33-37-41-52(78)45-59(82)75-63-69(98-61(84)47-54(80)43-39-35-31-27-23-19-15-11-7-3)66(87)58(97-72(63)101-103(89,90)91)51-95-71-64(76-60(83)46-53(79)42-38-34-30-26-22-18-14-10-6-2)70(99-62(85)48-55(81)44-40-36-32-28-24-20-16-12-8-4)68(57(49-77)96-71)100-104(92,93)102-73-67(88)65(86)56(74)50-94-73/h52-58,63-73,77-81,86-88H,5-51,74H2,1-4H3,(H,75,82)(H,76,83)(H,92,93)(H2,89,90,91)/p-2/t52-,53-,54-,55-,56+,57-,58-,63-,64-,65+,66-,67-,68-,69-,70-,71-,72-,73-/m1/s1. The van der Waals surface area contributed by atoms with E-state index in [-0.39, 0.29) is 25.7 Å². The molecule has 0 radical (unpaired) electrons. The largest absolute Gasteiger partial charge is 0.790 e. The lowest BCUT2D eigenvalue weighted by molar-refractivity contribution is -0.468. The van der Waals surface area contributed by atoms with Gasteiger partial charge >= 0.3 is 11.9 Å². The Morgan fingerprint density at radius 3 is 1.16 bits per heavy atom. The molecule has 2 amide bonds. The summed E-state index contributed by atoms with van der Waals surface area (Å²) in [4.78, 5) is 95.7. The molecule has 0 aromatic heterocycles. The van der Waals surface area contributed by atoms with E-state index >= 15 is 0 Å². The molecule has 13 N–H and O–H groups in total. The van der Waals surface area contributed by atoms with Crippen LogP contribution in [0, 0.1) is 0 Å². The van der Waals surface area contributed by atoms with Crippen LogP contribution in [-0.4, -0.2) is 195 Å². The number of unbranched alkanes of at least 4 members (excludes halogenated alkanes) is 32. The Bertz CT molecular complexity index is 2360. The number of hydrogen-bond acceptors (Lipinski definition) is 26. The van der Waals surface area contributed by atoms with E-state index < -0.39 is 195 Å². The lowest BCUT2D eigenvalue weighted by Crippen LogP contribution is -2.74.